The topological polar surface area (TPSA) is 122 Å². The number of benzene rings is 1. The Morgan fingerprint density at radius 2 is 1.81 bits per heavy atom. The quantitative estimate of drug-likeness (QED) is 0.259. The van der Waals surface area contributed by atoms with E-state index < -0.39 is 36.1 Å². The Balaban J connectivity index is 1.16. The monoisotopic (exact) mass is 621 g/mol. The Kier molecular flexibility index (Phi) is 11.4. The van der Waals surface area contributed by atoms with Gasteiger partial charge in [-0.1, -0.05) is 11.1 Å². The molecule has 1 aromatic heterocycles. The summed E-state index contributed by atoms with van der Waals surface area (Å²) in [5.41, 5.74) is 2.98. The summed E-state index contributed by atoms with van der Waals surface area (Å²) < 4.78 is 44.8. The maximum atomic E-state index is 14.7. The predicted octanol–water partition coefficient (Wildman–Crippen LogP) is 2.51. The van der Waals surface area contributed by atoms with E-state index in [4.69, 9.17) is 14.2 Å². The van der Waals surface area contributed by atoms with Crippen molar-refractivity contribution in [2.45, 2.75) is 33.2 Å². The third-order valence-electron chi connectivity index (χ3n) is 7.11. The third kappa shape index (κ3) is 8.71. The molecule has 1 aromatic carbocycles. The van der Waals surface area contributed by atoms with Crippen molar-refractivity contribution in [1.29, 1.82) is 0 Å². The molecule has 234 valence electrons. The fourth-order valence-electron chi connectivity index (χ4n) is 4.59. The number of anilines is 1. The van der Waals surface area contributed by atoms with Gasteiger partial charge in [0.05, 0.1) is 18.9 Å². The Bertz CT molecular complexity index is 1330. The lowest BCUT2D eigenvalue weighted by Gasteiger charge is -2.26. The molecule has 4 rings (SSSR count). The number of carbonyl (C=O) groups is 3. The molecule has 14 heteroatoms. The zero-order valence-corrected chi connectivity index (χ0v) is 25.4. The zero-order valence-electron chi connectivity index (χ0n) is 24.5. The standard InChI is InChI=1S/C29H37F2N5O6S/c1-18-13-36(14-19(18)2)28(39)20(3)33-25(38)15-41-10-4-7-32-24(37)16-42-27-21(5-6-22(30)26(27)31)23-17-43-29(34-23)35-8-11-40-12-9-35/h5-6,17,20H,4,7-16H2,1-3H3,(H,32,37)(H,33,38)/t20-/m0/s1. The van der Waals surface area contributed by atoms with Gasteiger partial charge in [0.15, 0.2) is 23.3 Å². The summed E-state index contributed by atoms with van der Waals surface area (Å²) in [7, 11) is 0. The van der Waals surface area contributed by atoms with Crippen LogP contribution in [0.15, 0.2) is 28.7 Å². The Hall–Kier alpha value is -3.62. The smallest absolute Gasteiger partial charge is 0.257 e. The van der Waals surface area contributed by atoms with Crippen LogP contribution in [-0.4, -0.2) is 99.4 Å². The molecule has 2 N–H and O–H groups in total. The van der Waals surface area contributed by atoms with Gasteiger partial charge in [0, 0.05) is 50.3 Å². The molecule has 0 bridgehead atoms. The van der Waals surface area contributed by atoms with Gasteiger partial charge in [-0.05, 0) is 39.3 Å². The lowest BCUT2D eigenvalue weighted by atomic mass is 10.1. The molecule has 0 radical (unpaired) electrons. The summed E-state index contributed by atoms with van der Waals surface area (Å²) in [5, 5.41) is 7.73. The Morgan fingerprint density at radius 1 is 1.09 bits per heavy atom. The number of morpholine rings is 1. The van der Waals surface area contributed by atoms with E-state index in [0.717, 1.165) is 22.3 Å². The average molecular weight is 622 g/mol. The van der Waals surface area contributed by atoms with E-state index in [1.807, 2.05) is 13.8 Å². The number of nitrogens with one attached hydrogen (secondary N) is 2. The molecule has 1 saturated heterocycles. The minimum absolute atomic E-state index is 0.149. The van der Waals surface area contributed by atoms with Crippen molar-refractivity contribution in [2.75, 3.05) is 70.7 Å². The number of halogens is 2. The molecule has 0 spiro atoms. The number of rotatable bonds is 13. The molecule has 1 fully saturated rings. The number of carbonyl (C=O) groups excluding carboxylic acids is 3. The van der Waals surface area contributed by atoms with Gasteiger partial charge in [-0.15, -0.1) is 11.3 Å². The highest BCUT2D eigenvalue weighted by Crippen LogP contribution is 2.36. The van der Waals surface area contributed by atoms with Gasteiger partial charge in [-0.3, -0.25) is 14.4 Å². The van der Waals surface area contributed by atoms with Gasteiger partial charge < -0.3 is 34.6 Å². The number of thiazole rings is 1. The van der Waals surface area contributed by atoms with Crippen LogP contribution in [0.3, 0.4) is 0 Å². The summed E-state index contributed by atoms with van der Waals surface area (Å²) in [6.07, 6.45) is 0.397. The predicted molar refractivity (Wildman–Crippen MR) is 157 cm³/mol. The van der Waals surface area contributed by atoms with Crippen LogP contribution in [0.2, 0.25) is 0 Å². The first-order chi connectivity index (χ1) is 20.6. The summed E-state index contributed by atoms with van der Waals surface area (Å²) in [4.78, 5) is 45.3. The van der Waals surface area contributed by atoms with Crippen molar-refractivity contribution in [3.05, 3.63) is 40.3 Å². The fraction of sp³-hybridized carbons (Fsp3) is 0.517. The first-order valence-electron chi connectivity index (χ1n) is 14.1. The molecule has 2 aliphatic heterocycles. The van der Waals surface area contributed by atoms with Crippen LogP contribution in [0, 0.1) is 11.6 Å². The maximum absolute atomic E-state index is 14.7. The van der Waals surface area contributed by atoms with E-state index in [2.05, 4.69) is 20.5 Å². The Morgan fingerprint density at radius 3 is 2.53 bits per heavy atom. The number of hydrogen-bond donors (Lipinski definition) is 2. The zero-order chi connectivity index (χ0) is 30.9. The molecule has 3 heterocycles. The summed E-state index contributed by atoms with van der Waals surface area (Å²) in [6.45, 7) is 8.93. The van der Waals surface area contributed by atoms with Crippen LogP contribution in [0.4, 0.5) is 13.9 Å². The second kappa shape index (κ2) is 15.2. The largest absolute Gasteiger partial charge is 0.480 e. The average Bonchev–Trinajstić information content (AvgIpc) is 3.62. The highest BCUT2D eigenvalue weighted by molar-refractivity contribution is 7.14. The van der Waals surface area contributed by atoms with E-state index in [1.165, 1.54) is 17.4 Å². The maximum Gasteiger partial charge on any atom is 0.257 e. The van der Waals surface area contributed by atoms with Crippen molar-refractivity contribution in [2.24, 2.45) is 0 Å². The van der Waals surface area contributed by atoms with Gasteiger partial charge in [0.25, 0.3) is 5.91 Å². The molecule has 0 unspecified atom stereocenters. The second-order valence-electron chi connectivity index (χ2n) is 10.4. The van der Waals surface area contributed by atoms with Crippen LogP contribution in [0.1, 0.15) is 27.2 Å². The normalized spacial score (nSPS) is 15.9. The van der Waals surface area contributed by atoms with E-state index in [-0.39, 0.29) is 37.0 Å². The van der Waals surface area contributed by atoms with Gasteiger partial charge in [-0.2, -0.15) is 4.39 Å². The highest BCUT2D eigenvalue weighted by atomic mass is 32.1. The molecule has 2 aliphatic rings. The van der Waals surface area contributed by atoms with Crippen molar-refractivity contribution in [3.63, 3.8) is 0 Å². The molecule has 11 nitrogen and oxygen atoms in total. The molecule has 3 amide bonds. The molecule has 0 saturated carbocycles. The van der Waals surface area contributed by atoms with Gasteiger partial charge in [-0.25, -0.2) is 9.37 Å². The SMILES string of the molecule is CC1=C(C)CN(C(=O)[C@H](C)NC(=O)COCCCNC(=O)COc2c(-c3csc(N4CCOCC4)n3)ccc(F)c2F)C1. The third-order valence-corrected chi connectivity index (χ3v) is 8.01. The van der Waals surface area contributed by atoms with Crippen molar-refractivity contribution >= 4 is 34.2 Å². The molecule has 43 heavy (non-hydrogen) atoms. The molecule has 2 aromatic rings. The van der Waals surface area contributed by atoms with Crippen molar-refractivity contribution in [3.8, 4) is 17.0 Å². The number of ether oxygens (including phenoxy) is 3. The first-order valence-corrected chi connectivity index (χ1v) is 15.0. The first kappa shape index (κ1) is 32.3. The Labute approximate surface area is 253 Å². The highest BCUT2D eigenvalue weighted by Gasteiger charge is 2.26. The second-order valence-corrected chi connectivity index (χ2v) is 11.3. The minimum atomic E-state index is -1.20. The van der Waals surface area contributed by atoms with Crippen molar-refractivity contribution < 1.29 is 37.4 Å². The van der Waals surface area contributed by atoms with Crippen LogP contribution >= 0.6 is 11.3 Å². The number of aromatic nitrogens is 1. The van der Waals surface area contributed by atoms with Crippen LogP contribution in [0.5, 0.6) is 5.75 Å². The van der Waals surface area contributed by atoms with Crippen molar-refractivity contribution in [1.82, 2.24) is 20.5 Å². The fourth-order valence-corrected chi connectivity index (χ4v) is 5.47. The number of hydrogen-bond acceptors (Lipinski definition) is 9. The van der Waals surface area contributed by atoms with Crippen LogP contribution < -0.4 is 20.3 Å². The summed E-state index contributed by atoms with van der Waals surface area (Å²) in [6, 6.07) is 1.70. The lowest BCUT2D eigenvalue weighted by molar-refractivity contribution is -0.136. The van der Waals surface area contributed by atoms with E-state index in [0.29, 0.717) is 51.5 Å². The van der Waals surface area contributed by atoms with Gasteiger partial charge in [0.2, 0.25) is 17.6 Å². The molecule has 0 aliphatic carbocycles. The minimum Gasteiger partial charge on any atom is -0.480 e. The number of amides is 3. The van der Waals surface area contributed by atoms with Crippen LogP contribution in [-0.2, 0) is 23.9 Å². The molecular weight excluding hydrogens is 584 g/mol. The van der Waals surface area contributed by atoms with Gasteiger partial charge >= 0.3 is 0 Å². The van der Waals surface area contributed by atoms with Gasteiger partial charge in [0.1, 0.15) is 12.6 Å². The van der Waals surface area contributed by atoms with Crippen LogP contribution in [0.25, 0.3) is 11.3 Å². The van der Waals surface area contributed by atoms with E-state index in [1.54, 1.807) is 17.2 Å². The summed E-state index contributed by atoms with van der Waals surface area (Å²) in [5.74, 6) is -3.78. The van der Waals surface area contributed by atoms with E-state index >= 15 is 0 Å². The summed E-state index contributed by atoms with van der Waals surface area (Å²) >= 11 is 1.38. The molecular formula is C29H37F2N5O6S. The lowest BCUT2D eigenvalue weighted by Crippen LogP contribution is -2.47. The molecule has 1 atom stereocenters. The van der Waals surface area contributed by atoms with E-state index in [9.17, 15) is 23.2 Å². The number of nitrogens with zero attached hydrogens (tertiary/aromatic N) is 3.